The van der Waals surface area contributed by atoms with Crippen molar-refractivity contribution in [2.45, 2.75) is 46.2 Å². The molecular weight excluding hydrogens is 322 g/mol. The van der Waals surface area contributed by atoms with Crippen molar-refractivity contribution in [2.24, 2.45) is 5.92 Å². The highest BCUT2D eigenvalue weighted by Gasteiger charge is 2.20. The van der Waals surface area contributed by atoms with E-state index in [4.69, 9.17) is 0 Å². The number of carbonyl (C=O) groups excluding carboxylic acids is 1. The van der Waals surface area contributed by atoms with Crippen molar-refractivity contribution in [2.75, 3.05) is 0 Å². The molecule has 0 unspecified atom stereocenters. The molecule has 1 N–H and O–H groups in total. The third-order valence-electron chi connectivity index (χ3n) is 3.85. The Morgan fingerprint density at radius 2 is 2.00 bits per heavy atom. The van der Waals surface area contributed by atoms with E-state index < -0.39 is 10.9 Å². The lowest BCUT2D eigenvalue weighted by Gasteiger charge is -2.23. The SMILES string of the molecule is CCCc1ccc([C@H](NC(=O)Cn2cnc([N+](=O)[O-])n2)C(C)C)cc1. The van der Waals surface area contributed by atoms with Gasteiger partial charge in [0.25, 0.3) is 0 Å². The highest BCUT2D eigenvalue weighted by atomic mass is 16.6. The maximum atomic E-state index is 12.3. The first kappa shape index (κ1) is 18.6. The monoisotopic (exact) mass is 345 g/mol. The van der Waals surface area contributed by atoms with Gasteiger partial charge in [-0.1, -0.05) is 56.4 Å². The molecule has 0 aliphatic carbocycles. The van der Waals surface area contributed by atoms with E-state index in [2.05, 4.69) is 34.5 Å². The van der Waals surface area contributed by atoms with E-state index in [9.17, 15) is 14.9 Å². The minimum Gasteiger partial charge on any atom is -0.390 e. The molecule has 2 rings (SSSR count). The third-order valence-corrected chi connectivity index (χ3v) is 3.85. The van der Waals surface area contributed by atoms with Crippen molar-refractivity contribution in [1.29, 1.82) is 0 Å². The fourth-order valence-electron chi connectivity index (χ4n) is 2.63. The zero-order valence-electron chi connectivity index (χ0n) is 14.7. The number of nitrogens with one attached hydrogen (secondary N) is 1. The van der Waals surface area contributed by atoms with Crippen LogP contribution in [0.25, 0.3) is 0 Å². The number of aryl methyl sites for hydroxylation is 1. The van der Waals surface area contributed by atoms with Gasteiger partial charge in [0.05, 0.1) is 6.04 Å². The van der Waals surface area contributed by atoms with Gasteiger partial charge in [-0.2, -0.15) is 4.68 Å². The Balaban J connectivity index is 2.04. The van der Waals surface area contributed by atoms with E-state index >= 15 is 0 Å². The second-order valence-corrected chi connectivity index (χ2v) is 6.28. The Kier molecular flexibility index (Phi) is 6.21. The van der Waals surface area contributed by atoms with Crippen LogP contribution < -0.4 is 5.32 Å². The summed E-state index contributed by atoms with van der Waals surface area (Å²) in [4.78, 5) is 25.7. The Morgan fingerprint density at radius 3 is 2.52 bits per heavy atom. The van der Waals surface area contributed by atoms with Gasteiger partial charge in [0.1, 0.15) is 6.54 Å². The Bertz CT molecular complexity index is 724. The van der Waals surface area contributed by atoms with E-state index in [-0.39, 0.29) is 24.4 Å². The predicted octanol–water partition coefficient (Wildman–Crippen LogP) is 2.65. The number of benzene rings is 1. The Morgan fingerprint density at radius 1 is 1.32 bits per heavy atom. The molecule has 134 valence electrons. The molecule has 1 atom stereocenters. The summed E-state index contributed by atoms with van der Waals surface area (Å²) in [5.41, 5.74) is 2.31. The highest BCUT2D eigenvalue weighted by molar-refractivity contribution is 5.76. The van der Waals surface area contributed by atoms with E-state index in [0.29, 0.717) is 0 Å². The van der Waals surface area contributed by atoms with Gasteiger partial charge in [0, 0.05) is 5.10 Å². The summed E-state index contributed by atoms with van der Waals surface area (Å²) in [6, 6.07) is 8.11. The molecule has 0 spiro atoms. The van der Waals surface area contributed by atoms with Crippen molar-refractivity contribution in [3.63, 3.8) is 0 Å². The number of rotatable bonds is 8. The summed E-state index contributed by atoms with van der Waals surface area (Å²) in [6.07, 6.45) is 3.30. The van der Waals surface area contributed by atoms with Crippen LogP contribution in [0.2, 0.25) is 0 Å². The molecule has 0 radical (unpaired) electrons. The standard InChI is InChI=1S/C17H23N5O3/c1-4-5-13-6-8-14(9-7-13)16(12(2)3)19-15(23)10-21-11-18-17(20-21)22(24)25/h6-9,11-12,16H,4-5,10H2,1-3H3,(H,19,23)/t16-/m1/s1. The molecule has 2 aromatic rings. The second-order valence-electron chi connectivity index (χ2n) is 6.28. The normalized spacial score (nSPS) is 12.2. The Hall–Kier alpha value is -2.77. The molecule has 1 aromatic carbocycles. The van der Waals surface area contributed by atoms with E-state index in [1.54, 1.807) is 0 Å². The highest BCUT2D eigenvalue weighted by Crippen LogP contribution is 2.22. The molecule has 0 aliphatic rings. The average molecular weight is 345 g/mol. The maximum Gasteiger partial charge on any atom is 0.490 e. The summed E-state index contributed by atoms with van der Waals surface area (Å²) >= 11 is 0. The van der Waals surface area contributed by atoms with Crippen molar-refractivity contribution >= 4 is 11.9 Å². The summed E-state index contributed by atoms with van der Waals surface area (Å²) in [6.45, 7) is 6.09. The third kappa shape index (κ3) is 5.10. The minimum absolute atomic E-state index is 0.113. The summed E-state index contributed by atoms with van der Waals surface area (Å²) in [5, 5.41) is 17.2. The van der Waals surface area contributed by atoms with Crippen LogP contribution in [0.15, 0.2) is 30.6 Å². The van der Waals surface area contributed by atoms with Crippen LogP contribution in [0.4, 0.5) is 5.95 Å². The van der Waals surface area contributed by atoms with Gasteiger partial charge in [-0.3, -0.25) is 4.79 Å². The van der Waals surface area contributed by atoms with Gasteiger partial charge >= 0.3 is 5.95 Å². The van der Waals surface area contributed by atoms with Gasteiger partial charge in [-0.25, -0.2) is 0 Å². The number of amides is 1. The zero-order valence-corrected chi connectivity index (χ0v) is 14.7. The molecule has 0 saturated heterocycles. The van der Waals surface area contributed by atoms with E-state index in [0.717, 1.165) is 23.1 Å². The fraction of sp³-hybridized carbons (Fsp3) is 0.471. The summed E-state index contributed by atoms with van der Waals surface area (Å²) in [7, 11) is 0. The first-order chi connectivity index (χ1) is 11.9. The lowest BCUT2D eigenvalue weighted by atomic mass is 9.94. The molecule has 0 aliphatic heterocycles. The molecule has 1 heterocycles. The van der Waals surface area contributed by atoms with Crippen LogP contribution >= 0.6 is 0 Å². The first-order valence-corrected chi connectivity index (χ1v) is 8.32. The van der Waals surface area contributed by atoms with Crippen LogP contribution in [0, 0.1) is 16.0 Å². The number of aromatic nitrogens is 3. The number of nitro groups is 1. The van der Waals surface area contributed by atoms with Crippen LogP contribution in [-0.2, 0) is 17.8 Å². The Labute approximate surface area is 146 Å². The smallest absolute Gasteiger partial charge is 0.390 e. The summed E-state index contributed by atoms with van der Waals surface area (Å²) < 4.78 is 1.16. The quantitative estimate of drug-likeness (QED) is 0.585. The van der Waals surface area contributed by atoms with Crippen molar-refractivity contribution < 1.29 is 9.72 Å². The minimum atomic E-state index is -0.691. The largest absolute Gasteiger partial charge is 0.490 e. The van der Waals surface area contributed by atoms with Gasteiger partial charge in [-0.15, -0.1) is 0 Å². The molecule has 0 saturated carbocycles. The molecule has 1 aromatic heterocycles. The molecule has 1 amide bonds. The van der Waals surface area contributed by atoms with Crippen molar-refractivity contribution in [3.05, 3.63) is 51.8 Å². The molecule has 8 nitrogen and oxygen atoms in total. The molecule has 8 heteroatoms. The second kappa shape index (κ2) is 8.36. The topological polar surface area (TPSA) is 103 Å². The number of hydrogen-bond acceptors (Lipinski definition) is 5. The summed E-state index contributed by atoms with van der Waals surface area (Å²) in [5.74, 6) is -0.582. The fourth-order valence-corrected chi connectivity index (χ4v) is 2.63. The van der Waals surface area contributed by atoms with Gasteiger partial charge in [0.15, 0.2) is 0 Å². The molecule has 0 fully saturated rings. The lowest BCUT2D eigenvalue weighted by Crippen LogP contribution is -2.34. The van der Waals surface area contributed by atoms with Gasteiger partial charge in [-0.05, 0) is 28.4 Å². The van der Waals surface area contributed by atoms with Crippen LogP contribution in [-0.4, -0.2) is 25.6 Å². The predicted molar refractivity (Wildman–Crippen MR) is 92.8 cm³/mol. The molecule has 0 bridgehead atoms. The average Bonchev–Trinajstić information content (AvgIpc) is 3.02. The maximum absolute atomic E-state index is 12.3. The number of hydrogen-bond donors (Lipinski definition) is 1. The van der Waals surface area contributed by atoms with E-state index in [1.807, 2.05) is 26.0 Å². The number of nitrogens with zero attached hydrogens (tertiary/aromatic N) is 4. The van der Waals surface area contributed by atoms with Gasteiger partial charge in [0.2, 0.25) is 12.2 Å². The van der Waals surface area contributed by atoms with Crippen molar-refractivity contribution in [3.8, 4) is 0 Å². The molecular formula is C17H23N5O3. The zero-order chi connectivity index (χ0) is 18.4. The van der Waals surface area contributed by atoms with Crippen molar-refractivity contribution in [1.82, 2.24) is 20.1 Å². The van der Waals surface area contributed by atoms with Gasteiger partial charge < -0.3 is 15.4 Å². The lowest BCUT2D eigenvalue weighted by molar-refractivity contribution is -0.394. The van der Waals surface area contributed by atoms with Crippen LogP contribution in [0.3, 0.4) is 0 Å². The first-order valence-electron chi connectivity index (χ1n) is 8.32. The molecule has 25 heavy (non-hydrogen) atoms. The van der Waals surface area contributed by atoms with Crippen LogP contribution in [0.5, 0.6) is 0 Å². The number of carbonyl (C=O) groups is 1. The van der Waals surface area contributed by atoms with Crippen LogP contribution in [0.1, 0.15) is 44.4 Å². The van der Waals surface area contributed by atoms with E-state index in [1.165, 1.54) is 11.9 Å².